The van der Waals surface area contributed by atoms with Crippen LogP contribution in [0.25, 0.3) is 11.0 Å². The Hall–Kier alpha value is -2.28. The summed E-state index contributed by atoms with van der Waals surface area (Å²) in [6.07, 6.45) is 0.732. The largest absolute Gasteiger partial charge is 0.388 e. The first-order chi connectivity index (χ1) is 12.1. The number of hydrogen-bond acceptors (Lipinski definition) is 5. The zero-order valence-corrected chi connectivity index (χ0v) is 14.1. The standard InChI is InChI=1S/C19H21N3O3/c1-11-15(23)19(22-9-8-14-12(2)20-10-21-18(14)22)25-17(11)16(24)13-6-4-3-5-7-13/h3-11,15-17,19,23-24H,1-2H3. The van der Waals surface area contributed by atoms with Crippen LogP contribution in [-0.4, -0.2) is 37.0 Å². The maximum absolute atomic E-state index is 10.7. The van der Waals surface area contributed by atoms with Crippen molar-refractivity contribution in [1.82, 2.24) is 14.5 Å². The summed E-state index contributed by atoms with van der Waals surface area (Å²) in [5.41, 5.74) is 2.38. The zero-order valence-electron chi connectivity index (χ0n) is 14.1. The van der Waals surface area contributed by atoms with Crippen LogP contribution in [-0.2, 0) is 4.74 Å². The molecule has 0 saturated carbocycles. The van der Waals surface area contributed by atoms with Crippen molar-refractivity contribution in [3.8, 4) is 0 Å². The lowest BCUT2D eigenvalue weighted by atomic mass is 9.93. The molecule has 0 radical (unpaired) electrons. The molecule has 1 fully saturated rings. The summed E-state index contributed by atoms with van der Waals surface area (Å²) in [5, 5.41) is 22.4. The Morgan fingerprint density at radius 3 is 2.68 bits per heavy atom. The molecule has 6 nitrogen and oxygen atoms in total. The average molecular weight is 339 g/mol. The second-order valence-electron chi connectivity index (χ2n) is 6.62. The summed E-state index contributed by atoms with van der Waals surface area (Å²) in [4.78, 5) is 8.53. The minimum Gasteiger partial charge on any atom is -0.388 e. The lowest BCUT2D eigenvalue weighted by Gasteiger charge is -2.22. The Morgan fingerprint density at radius 2 is 1.92 bits per heavy atom. The van der Waals surface area contributed by atoms with Crippen molar-refractivity contribution in [2.24, 2.45) is 5.92 Å². The Bertz CT molecular complexity index is 880. The van der Waals surface area contributed by atoms with Gasteiger partial charge in [0.2, 0.25) is 0 Å². The molecular weight excluding hydrogens is 318 g/mol. The second kappa shape index (κ2) is 6.22. The molecule has 25 heavy (non-hydrogen) atoms. The number of ether oxygens (including phenoxy) is 1. The monoisotopic (exact) mass is 339 g/mol. The van der Waals surface area contributed by atoms with Gasteiger partial charge in [-0.3, -0.25) is 0 Å². The molecule has 4 rings (SSSR count). The van der Waals surface area contributed by atoms with Crippen molar-refractivity contribution in [3.05, 3.63) is 60.2 Å². The number of aromatic nitrogens is 3. The van der Waals surface area contributed by atoms with Gasteiger partial charge in [0.05, 0.1) is 11.8 Å². The van der Waals surface area contributed by atoms with Gasteiger partial charge in [0.15, 0.2) is 6.23 Å². The number of aliphatic hydroxyl groups is 2. The van der Waals surface area contributed by atoms with Gasteiger partial charge in [-0.1, -0.05) is 37.3 Å². The number of nitrogens with zero attached hydrogens (tertiary/aromatic N) is 3. The maximum atomic E-state index is 10.7. The molecule has 3 heterocycles. The van der Waals surface area contributed by atoms with E-state index in [0.29, 0.717) is 0 Å². The summed E-state index contributed by atoms with van der Waals surface area (Å²) in [6.45, 7) is 3.82. The molecule has 0 amide bonds. The molecule has 3 aromatic rings. The van der Waals surface area contributed by atoms with E-state index in [0.717, 1.165) is 22.3 Å². The molecule has 6 heteroatoms. The van der Waals surface area contributed by atoms with Crippen molar-refractivity contribution < 1.29 is 14.9 Å². The lowest BCUT2D eigenvalue weighted by molar-refractivity contribution is -0.0775. The molecule has 0 aliphatic carbocycles. The first kappa shape index (κ1) is 16.2. The molecule has 5 unspecified atom stereocenters. The van der Waals surface area contributed by atoms with Crippen molar-refractivity contribution in [1.29, 1.82) is 0 Å². The third kappa shape index (κ3) is 2.63. The van der Waals surface area contributed by atoms with Gasteiger partial charge in [-0.2, -0.15) is 0 Å². The maximum Gasteiger partial charge on any atom is 0.162 e. The number of hydrogen-bond donors (Lipinski definition) is 2. The van der Waals surface area contributed by atoms with Gasteiger partial charge in [-0.05, 0) is 18.6 Å². The number of rotatable bonds is 3. The van der Waals surface area contributed by atoms with Gasteiger partial charge in [0.1, 0.15) is 24.2 Å². The Morgan fingerprint density at radius 1 is 1.16 bits per heavy atom. The van der Waals surface area contributed by atoms with E-state index < -0.39 is 24.5 Å². The van der Waals surface area contributed by atoms with E-state index in [1.165, 1.54) is 6.33 Å². The Balaban J connectivity index is 1.67. The van der Waals surface area contributed by atoms with Gasteiger partial charge in [-0.25, -0.2) is 9.97 Å². The SMILES string of the molecule is Cc1ncnc2c1ccn2C1OC(C(O)c2ccccc2)C(C)C1O. The molecule has 2 aromatic heterocycles. The van der Waals surface area contributed by atoms with Crippen LogP contribution < -0.4 is 0 Å². The number of fused-ring (bicyclic) bond motifs is 1. The molecule has 5 atom stereocenters. The van der Waals surface area contributed by atoms with Crippen LogP contribution in [0.15, 0.2) is 48.9 Å². The third-order valence-corrected chi connectivity index (χ3v) is 5.08. The Kier molecular flexibility index (Phi) is 4.03. The highest BCUT2D eigenvalue weighted by molar-refractivity contribution is 5.78. The molecule has 2 N–H and O–H groups in total. The fraction of sp³-hybridized carbons (Fsp3) is 0.368. The molecule has 0 bridgehead atoms. The van der Waals surface area contributed by atoms with Crippen molar-refractivity contribution in [3.63, 3.8) is 0 Å². The number of aryl methyl sites for hydroxylation is 1. The zero-order chi connectivity index (χ0) is 17.6. The van der Waals surface area contributed by atoms with Crippen LogP contribution in [0.3, 0.4) is 0 Å². The third-order valence-electron chi connectivity index (χ3n) is 5.08. The van der Waals surface area contributed by atoms with Gasteiger partial charge in [0.25, 0.3) is 0 Å². The quantitative estimate of drug-likeness (QED) is 0.766. The van der Waals surface area contributed by atoms with Crippen molar-refractivity contribution >= 4 is 11.0 Å². The molecule has 1 aliphatic heterocycles. The van der Waals surface area contributed by atoms with E-state index in [9.17, 15) is 10.2 Å². The van der Waals surface area contributed by atoms with Crippen molar-refractivity contribution in [2.45, 2.75) is 38.4 Å². The summed E-state index contributed by atoms with van der Waals surface area (Å²) in [5.74, 6) is -0.222. The minimum atomic E-state index is -0.797. The molecule has 1 aliphatic rings. The second-order valence-corrected chi connectivity index (χ2v) is 6.62. The van der Waals surface area contributed by atoms with E-state index >= 15 is 0 Å². The van der Waals surface area contributed by atoms with E-state index in [2.05, 4.69) is 9.97 Å². The van der Waals surface area contributed by atoms with E-state index in [-0.39, 0.29) is 5.92 Å². The molecule has 1 aromatic carbocycles. The molecule has 130 valence electrons. The Labute approximate surface area is 145 Å². The molecular formula is C19H21N3O3. The fourth-order valence-corrected chi connectivity index (χ4v) is 3.55. The normalized spacial score (nSPS) is 27.7. The van der Waals surface area contributed by atoms with E-state index in [1.807, 2.05) is 61.0 Å². The first-order valence-electron chi connectivity index (χ1n) is 8.42. The summed E-state index contributed by atoms with van der Waals surface area (Å²) in [6, 6.07) is 11.3. The highest BCUT2D eigenvalue weighted by Gasteiger charge is 2.45. The topological polar surface area (TPSA) is 80.4 Å². The fourth-order valence-electron chi connectivity index (χ4n) is 3.55. The van der Waals surface area contributed by atoms with Crippen LogP contribution >= 0.6 is 0 Å². The predicted molar refractivity (Wildman–Crippen MR) is 92.7 cm³/mol. The summed E-state index contributed by atoms with van der Waals surface area (Å²) in [7, 11) is 0. The molecule has 1 saturated heterocycles. The summed E-state index contributed by atoms with van der Waals surface area (Å²) >= 11 is 0. The van der Waals surface area contributed by atoms with Gasteiger partial charge < -0.3 is 19.5 Å². The van der Waals surface area contributed by atoms with Crippen molar-refractivity contribution in [2.75, 3.05) is 0 Å². The van der Waals surface area contributed by atoms with E-state index in [1.54, 1.807) is 0 Å². The van der Waals surface area contributed by atoms with Gasteiger partial charge >= 0.3 is 0 Å². The molecule has 0 spiro atoms. The number of aliphatic hydroxyl groups excluding tert-OH is 2. The highest BCUT2D eigenvalue weighted by atomic mass is 16.5. The first-order valence-corrected chi connectivity index (χ1v) is 8.42. The predicted octanol–water partition coefficient (Wildman–Crippen LogP) is 2.37. The summed E-state index contributed by atoms with van der Waals surface area (Å²) < 4.78 is 7.92. The van der Waals surface area contributed by atoms with Gasteiger partial charge in [0, 0.05) is 17.5 Å². The average Bonchev–Trinajstić information content (AvgIpc) is 3.18. The van der Waals surface area contributed by atoms with Crippen LogP contribution in [0, 0.1) is 12.8 Å². The van der Waals surface area contributed by atoms with Crippen LogP contribution in [0.4, 0.5) is 0 Å². The van der Waals surface area contributed by atoms with Crippen LogP contribution in [0.5, 0.6) is 0 Å². The minimum absolute atomic E-state index is 0.222. The number of benzene rings is 1. The van der Waals surface area contributed by atoms with E-state index in [4.69, 9.17) is 4.74 Å². The lowest BCUT2D eigenvalue weighted by Crippen LogP contribution is -2.27. The van der Waals surface area contributed by atoms with Crippen LogP contribution in [0.1, 0.15) is 30.5 Å². The highest BCUT2D eigenvalue weighted by Crippen LogP contribution is 2.40. The smallest absolute Gasteiger partial charge is 0.162 e. The van der Waals surface area contributed by atoms with Crippen LogP contribution in [0.2, 0.25) is 0 Å². The van der Waals surface area contributed by atoms with Gasteiger partial charge in [-0.15, -0.1) is 0 Å².